The number of aliphatic hydroxyl groups is 7. The Hall–Kier alpha value is -0.850. The van der Waals surface area contributed by atoms with Crippen molar-refractivity contribution in [3.05, 3.63) is 0 Å². The number of likely N-dealkylation sites (N-methyl/N-ethyl adjacent to an activating group) is 1. The van der Waals surface area contributed by atoms with Crippen LogP contribution in [0.2, 0.25) is 0 Å². The predicted molar refractivity (Wildman–Crippen MR) is 123 cm³/mol. The molecule has 0 aromatic heterocycles. The zero-order chi connectivity index (χ0) is 26.6. The van der Waals surface area contributed by atoms with E-state index in [1.165, 1.54) is 13.8 Å². The van der Waals surface area contributed by atoms with Crippen molar-refractivity contribution in [2.75, 3.05) is 13.6 Å². The summed E-state index contributed by atoms with van der Waals surface area (Å²) >= 11 is 0. The lowest BCUT2D eigenvalue weighted by Crippen LogP contribution is -2.66. The molecule has 0 aromatic rings. The summed E-state index contributed by atoms with van der Waals surface area (Å²) in [6, 6.07) is -2.82. The molecular formula is C21H42N4O10. The number of aliphatic imine (C=N–C) groups is 1. The van der Waals surface area contributed by atoms with Gasteiger partial charge in [-0.3, -0.25) is 4.99 Å². The summed E-state index contributed by atoms with van der Waals surface area (Å²) < 4.78 is 17.1. The second-order valence-electron chi connectivity index (χ2n) is 9.47. The summed E-state index contributed by atoms with van der Waals surface area (Å²) in [5, 5.41) is 75.3. The minimum atomic E-state index is -1.83. The molecule has 206 valence electrons. The van der Waals surface area contributed by atoms with Gasteiger partial charge in [0.25, 0.3) is 0 Å². The van der Waals surface area contributed by atoms with E-state index in [1.807, 2.05) is 0 Å². The SMILES string of the molecule is C=NC[C@H]1O[C@@H](OC2[C@H](O[C@@H](O)C(N)[C@@H](O)[C@H](O)C(C)[C@@H](C)O)C(NC)C[C@@H](N)[C@H]2O)[C@@H](O)C1O. The number of nitrogens with zero attached hydrogens (tertiary/aromatic N) is 1. The fourth-order valence-electron chi connectivity index (χ4n) is 4.35. The Labute approximate surface area is 204 Å². The van der Waals surface area contributed by atoms with Crippen LogP contribution in [0, 0.1) is 5.92 Å². The van der Waals surface area contributed by atoms with Crippen molar-refractivity contribution in [3.63, 3.8) is 0 Å². The Bertz CT molecular complexity index is 664. The van der Waals surface area contributed by atoms with Gasteiger partial charge in [0, 0.05) is 18.0 Å². The molecule has 0 amide bonds. The van der Waals surface area contributed by atoms with Gasteiger partial charge in [0.05, 0.1) is 30.9 Å². The summed E-state index contributed by atoms with van der Waals surface area (Å²) in [5.74, 6) is -0.746. The number of ether oxygens (including phenoxy) is 3. The molecular weight excluding hydrogens is 468 g/mol. The molecule has 0 spiro atoms. The minimum absolute atomic E-state index is 0.00253. The van der Waals surface area contributed by atoms with Gasteiger partial charge >= 0.3 is 0 Å². The number of hydrogen-bond donors (Lipinski definition) is 10. The molecule has 14 nitrogen and oxygen atoms in total. The highest BCUT2D eigenvalue weighted by Gasteiger charge is 2.51. The van der Waals surface area contributed by atoms with Gasteiger partial charge in [-0.25, -0.2) is 0 Å². The Kier molecular flexibility index (Phi) is 11.4. The second-order valence-corrected chi connectivity index (χ2v) is 9.47. The maximum atomic E-state index is 10.8. The van der Waals surface area contributed by atoms with E-state index in [1.54, 1.807) is 7.05 Å². The van der Waals surface area contributed by atoms with Crippen molar-refractivity contribution in [2.24, 2.45) is 22.4 Å². The number of nitrogens with one attached hydrogen (secondary N) is 1. The van der Waals surface area contributed by atoms with Crippen LogP contribution in [-0.2, 0) is 14.2 Å². The molecule has 1 saturated heterocycles. The molecule has 12 N–H and O–H groups in total. The third-order valence-electron chi connectivity index (χ3n) is 6.98. The van der Waals surface area contributed by atoms with E-state index in [-0.39, 0.29) is 13.0 Å². The molecule has 2 fully saturated rings. The largest absolute Gasteiger partial charge is 0.393 e. The maximum absolute atomic E-state index is 10.8. The minimum Gasteiger partial charge on any atom is -0.393 e. The Balaban J connectivity index is 2.20. The van der Waals surface area contributed by atoms with Gasteiger partial charge in [0.15, 0.2) is 12.6 Å². The lowest BCUT2D eigenvalue weighted by Gasteiger charge is -2.45. The van der Waals surface area contributed by atoms with E-state index in [0.717, 1.165) is 0 Å². The first-order valence-electron chi connectivity index (χ1n) is 11.7. The fraction of sp³-hybridized carbons (Fsp3) is 0.952. The topological polar surface area (TPSA) is 246 Å². The Morgan fingerprint density at radius 1 is 1.06 bits per heavy atom. The first kappa shape index (κ1) is 30.4. The average Bonchev–Trinajstić information content (AvgIpc) is 3.09. The van der Waals surface area contributed by atoms with Gasteiger partial charge in [0.2, 0.25) is 0 Å². The van der Waals surface area contributed by atoms with Crippen LogP contribution in [0.1, 0.15) is 20.3 Å². The fourth-order valence-corrected chi connectivity index (χ4v) is 4.35. The Morgan fingerprint density at radius 3 is 2.23 bits per heavy atom. The lowest BCUT2D eigenvalue weighted by atomic mass is 9.84. The van der Waals surface area contributed by atoms with Crippen LogP contribution in [-0.4, -0.2) is 142 Å². The molecule has 2 aliphatic rings. The van der Waals surface area contributed by atoms with E-state index in [9.17, 15) is 35.7 Å². The van der Waals surface area contributed by atoms with Crippen molar-refractivity contribution in [1.82, 2.24) is 5.32 Å². The quantitative estimate of drug-likeness (QED) is 0.0873. The van der Waals surface area contributed by atoms with Gasteiger partial charge in [-0.15, -0.1) is 0 Å². The average molecular weight is 511 g/mol. The highest BCUT2D eigenvalue weighted by molar-refractivity contribution is 5.23. The molecule has 1 aliphatic carbocycles. The molecule has 5 unspecified atom stereocenters. The summed E-state index contributed by atoms with van der Waals surface area (Å²) in [4.78, 5) is 3.65. The van der Waals surface area contributed by atoms with E-state index in [4.69, 9.17) is 25.7 Å². The molecule has 0 radical (unpaired) electrons. The maximum Gasteiger partial charge on any atom is 0.187 e. The molecule has 1 heterocycles. The number of aliphatic hydroxyl groups excluding tert-OH is 7. The van der Waals surface area contributed by atoms with E-state index < -0.39 is 91.6 Å². The molecule has 15 atom stereocenters. The first-order chi connectivity index (χ1) is 16.3. The first-order valence-corrected chi connectivity index (χ1v) is 11.7. The zero-order valence-corrected chi connectivity index (χ0v) is 20.2. The third kappa shape index (κ3) is 6.93. The van der Waals surface area contributed by atoms with Crippen LogP contribution >= 0.6 is 0 Å². The molecule has 2 rings (SSSR count). The normalized spacial score (nSPS) is 41.1. The number of rotatable bonds is 12. The van der Waals surface area contributed by atoms with Gasteiger partial charge in [-0.2, -0.15) is 0 Å². The van der Waals surface area contributed by atoms with Crippen LogP contribution < -0.4 is 16.8 Å². The molecule has 35 heavy (non-hydrogen) atoms. The molecule has 1 aliphatic heterocycles. The third-order valence-corrected chi connectivity index (χ3v) is 6.98. The molecule has 0 aromatic carbocycles. The van der Waals surface area contributed by atoms with Crippen LogP contribution in [0.5, 0.6) is 0 Å². The summed E-state index contributed by atoms with van der Waals surface area (Å²) in [5.41, 5.74) is 12.0. The summed E-state index contributed by atoms with van der Waals surface area (Å²) in [6.45, 7) is 6.29. The highest BCUT2D eigenvalue weighted by atomic mass is 16.7. The predicted octanol–water partition coefficient (Wildman–Crippen LogP) is -5.03. The lowest BCUT2D eigenvalue weighted by molar-refractivity contribution is -0.274. The Morgan fingerprint density at radius 2 is 1.69 bits per heavy atom. The number of nitrogens with two attached hydrogens (primary N) is 2. The highest BCUT2D eigenvalue weighted by Crippen LogP contribution is 2.31. The molecule has 14 heteroatoms. The van der Waals surface area contributed by atoms with Crippen LogP contribution in [0.15, 0.2) is 4.99 Å². The van der Waals surface area contributed by atoms with Crippen molar-refractivity contribution in [2.45, 2.75) is 106 Å². The number of hydrogen-bond acceptors (Lipinski definition) is 14. The van der Waals surface area contributed by atoms with Crippen molar-refractivity contribution in [3.8, 4) is 0 Å². The molecule has 1 saturated carbocycles. The summed E-state index contributed by atoms with van der Waals surface area (Å²) in [7, 11) is 1.61. The second kappa shape index (κ2) is 13.1. The van der Waals surface area contributed by atoms with E-state index in [2.05, 4.69) is 17.0 Å². The smallest absolute Gasteiger partial charge is 0.187 e. The van der Waals surface area contributed by atoms with Crippen LogP contribution in [0.3, 0.4) is 0 Å². The van der Waals surface area contributed by atoms with Crippen molar-refractivity contribution >= 4 is 6.72 Å². The standard InChI is InChI=1S/C21H42N4O10/c1-7(8(2)26)13(27)16(30)12(23)20(32)34-18-10(25-4)5-9(22)14(28)19(18)35-21-17(31)15(29)11(33-21)6-24-3/h7-21,25-32H,3,5-6,22-23H2,1-2,4H3/t7?,8-,9-,10?,11-,12?,13-,14-,15?,16-,17+,18-,19?,20-,21+/m1/s1. The molecule has 0 bridgehead atoms. The zero-order valence-electron chi connectivity index (χ0n) is 20.2. The monoisotopic (exact) mass is 510 g/mol. The van der Waals surface area contributed by atoms with Gasteiger partial charge in [0.1, 0.15) is 36.6 Å². The van der Waals surface area contributed by atoms with Crippen LogP contribution in [0.25, 0.3) is 0 Å². The van der Waals surface area contributed by atoms with Gasteiger partial charge < -0.3 is 66.7 Å². The van der Waals surface area contributed by atoms with Crippen molar-refractivity contribution < 1.29 is 50.0 Å². The van der Waals surface area contributed by atoms with Crippen molar-refractivity contribution in [1.29, 1.82) is 0 Å². The van der Waals surface area contributed by atoms with Gasteiger partial charge in [-0.05, 0) is 27.1 Å². The van der Waals surface area contributed by atoms with E-state index >= 15 is 0 Å². The van der Waals surface area contributed by atoms with Gasteiger partial charge in [-0.1, -0.05) is 6.92 Å². The summed E-state index contributed by atoms with van der Waals surface area (Å²) in [6.07, 6.45) is -14.4. The van der Waals surface area contributed by atoms with E-state index in [0.29, 0.717) is 0 Å². The van der Waals surface area contributed by atoms with Crippen LogP contribution in [0.4, 0.5) is 0 Å².